The van der Waals surface area contributed by atoms with Gasteiger partial charge in [0.25, 0.3) is 0 Å². The van der Waals surface area contributed by atoms with E-state index in [0.29, 0.717) is 44.9 Å². The van der Waals surface area contributed by atoms with E-state index < -0.39 is 0 Å². The average Bonchev–Trinajstić information content (AvgIpc) is 3.08. The van der Waals surface area contributed by atoms with Gasteiger partial charge in [0.2, 0.25) is 0 Å². The zero-order valence-corrected chi connectivity index (χ0v) is 45.7. The lowest BCUT2D eigenvalue weighted by Gasteiger charge is -1.71. The Hall–Kier alpha value is -4.62. The first-order valence-electron chi connectivity index (χ1n) is 20.8. The lowest BCUT2D eigenvalue weighted by Crippen LogP contribution is -1.80. The summed E-state index contributed by atoms with van der Waals surface area (Å²) in [7, 11) is 0. The van der Waals surface area contributed by atoms with Crippen molar-refractivity contribution in [3.63, 3.8) is 0 Å². The van der Waals surface area contributed by atoms with Gasteiger partial charge in [-0.05, 0) is 145 Å². The zero-order valence-electron chi connectivity index (χ0n) is 45.7. The van der Waals surface area contributed by atoms with Crippen molar-refractivity contribution < 1.29 is 67.1 Å². The maximum Gasteiger partial charge on any atom is 0.129 e. The fraction of sp³-hybridized carbons (Fsp3) is 0.714. The van der Waals surface area contributed by atoms with Crippen molar-refractivity contribution in [1.29, 1.82) is 0 Å². The number of rotatable bonds is 7. The number of Topliss-reactive ketones (excluding diaryl/α,β-unsaturated/α-hetero) is 14. The predicted molar refractivity (Wildman–Crippen MR) is 261 cm³/mol. The number of ketones is 14. The second-order valence-corrected chi connectivity index (χ2v) is 13.7. The summed E-state index contributed by atoms with van der Waals surface area (Å²) in [4.78, 5) is 135. The Kier molecular flexibility index (Phi) is 143. The normalized spacial score (nSPS) is 7.11. The van der Waals surface area contributed by atoms with Crippen LogP contribution in [0.15, 0.2) is 0 Å². The molecule has 0 aromatic carbocycles. The van der Waals surface area contributed by atoms with Crippen LogP contribution in [0.5, 0.6) is 0 Å². The van der Waals surface area contributed by atoms with Crippen LogP contribution in [0.2, 0.25) is 0 Å². The van der Waals surface area contributed by atoms with Crippen LogP contribution in [0.25, 0.3) is 0 Å². The summed E-state index contributed by atoms with van der Waals surface area (Å²) in [6.45, 7) is 45.4. The third kappa shape index (κ3) is 2000. The van der Waals surface area contributed by atoms with Gasteiger partial charge in [-0.25, -0.2) is 0 Å². The Bertz CT molecular complexity index is 893. The fourth-order valence-corrected chi connectivity index (χ4v) is 0. The monoisotopic (exact) mass is 911 g/mol. The lowest BCUT2D eigenvalue weighted by molar-refractivity contribution is -0.117. The summed E-state index contributed by atoms with van der Waals surface area (Å²) in [6, 6.07) is 0. The van der Waals surface area contributed by atoms with Gasteiger partial charge in [-0.2, -0.15) is 0 Å². The Morgan fingerprint density at radius 2 is 0.175 bits per heavy atom. The molecule has 0 unspecified atom stereocenters. The van der Waals surface area contributed by atoms with E-state index in [-0.39, 0.29) is 81.0 Å². The molecular weight excluding hydrogens is 813 g/mol. The van der Waals surface area contributed by atoms with Crippen LogP contribution in [0.1, 0.15) is 239 Å². The van der Waals surface area contributed by atoms with Crippen LogP contribution in [0, 0.1) is 0 Å². The van der Waals surface area contributed by atoms with E-state index in [1.165, 1.54) is 96.9 Å². The number of hydrogen-bond donors (Lipinski definition) is 0. The second-order valence-electron chi connectivity index (χ2n) is 13.7. The van der Waals surface area contributed by atoms with Crippen molar-refractivity contribution in [3.05, 3.63) is 0 Å². The summed E-state index contributed by atoms with van der Waals surface area (Å²) in [5.74, 6) is 2.95. The molecule has 14 heteroatoms. The molecule has 0 aromatic rings. The maximum absolute atomic E-state index is 9.81. The van der Waals surface area contributed by atoms with Crippen molar-refractivity contribution in [2.24, 2.45) is 0 Å². The molecule has 0 bridgehead atoms. The van der Waals surface area contributed by atoms with E-state index in [2.05, 4.69) is 0 Å². The molecule has 0 atom stereocenters. The number of carbonyl (C=O) groups excluding carboxylic acids is 14. The third-order valence-electron chi connectivity index (χ3n) is 3.49. The molecule has 0 rings (SSSR count). The van der Waals surface area contributed by atoms with E-state index in [4.69, 9.17) is 0 Å². The van der Waals surface area contributed by atoms with Crippen molar-refractivity contribution >= 4 is 81.0 Å². The van der Waals surface area contributed by atoms with Gasteiger partial charge in [0.05, 0.1) is 0 Å². The molecule has 0 aliphatic heterocycles. The van der Waals surface area contributed by atoms with Gasteiger partial charge in [0, 0.05) is 44.9 Å². The van der Waals surface area contributed by atoms with Gasteiger partial charge in [0.15, 0.2) is 0 Å². The highest BCUT2D eigenvalue weighted by Gasteiger charge is 1.80. The Balaban J connectivity index is -0.0000000342. The molecule has 0 aliphatic rings. The first-order valence-corrected chi connectivity index (χ1v) is 20.8. The molecular formula is C49H98O14. The quantitative estimate of drug-likeness (QED) is 0.231. The summed E-state index contributed by atoms with van der Waals surface area (Å²) in [6.07, 6.45) is 4.67. The topological polar surface area (TPSA) is 239 Å². The highest BCUT2D eigenvalue weighted by Crippen LogP contribution is 1.74. The van der Waals surface area contributed by atoms with Gasteiger partial charge < -0.3 is 67.1 Å². The molecule has 14 nitrogen and oxygen atoms in total. The first-order chi connectivity index (χ1) is 28.0. The molecule has 0 amide bonds. The van der Waals surface area contributed by atoms with Crippen LogP contribution in [-0.4, -0.2) is 81.0 Å². The number of hydrogen-bond acceptors (Lipinski definition) is 14. The molecule has 63 heavy (non-hydrogen) atoms. The van der Waals surface area contributed by atoms with E-state index in [1.54, 1.807) is 48.5 Å². The SMILES string of the molecule is CC(C)=O.CC(C)=O.CC(C)=O.CC(C)=O.CC(C)=O.CC(C)=O.CC(C)=O.CCC(C)=O.CCC(C)=O.CCC(C)=O.CCC(C)=O.CCC(C)=O.CCC(C)=O.CCC(C)=O. The molecule has 0 aromatic heterocycles. The molecule has 0 N–H and O–H groups in total. The van der Waals surface area contributed by atoms with E-state index >= 15 is 0 Å². The highest BCUT2D eigenvalue weighted by atomic mass is 16.2. The van der Waals surface area contributed by atoms with E-state index in [1.807, 2.05) is 48.5 Å². The molecule has 0 fully saturated rings. The molecule has 378 valence electrons. The van der Waals surface area contributed by atoms with Crippen LogP contribution in [0.4, 0.5) is 0 Å². The third-order valence-corrected chi connectivity index (χ3v) is 3.49. The molecule has 0 aliphatic carbocycles. The van der Waals surface area contributed by atoms with Crippen molar-refractivity contribution in [2.75, 3.05) is 0 Å². The molecule has 0 saturated heterocycles. The van der Waals surface area contributed by atoms with Crippen molar-refractivity contribution in [2.45, 2.75) is 239 Å². The second kappa shape index (κ2) is 92.6. The van der Waals surface area contributed by atoms with Gasteiger partial charge >= 0.3 is 0 Å². The maximum atomic E-state index is 9.81. The Morgan fingerprint density at radius 3 is 0.175 bits per heavy atom. The van der Waals surface area contributed by atoms with Crippen LogP contribution in [0.3, 0.4) is 0 Å². The Labute approximate surface area is 386 Å². The minimum Gasteiger partial charge on any atom is -0.300 e. The van der Waals surface area contributed by atoms with Crippen molar-refractivity contribution in [1.82, 2.24) is 0 Å². The minimum absolute atomic E-state index is 0.167. The van der Waals surface area contributed by atoms with Gasteiger partial charge in [0.1, 0.15) is 81.0 Å². The predicted octanol–water partition coefficient (Wildman–Crippen LogP) is 11.1. The standard InChI is InChI=1S/7C4H8O.7C3H6O/c7*1-3-4(2)5;7*1-3(2)4/h7*3H2,1-2H3;7*1-2H3. The zero-order chi connectivity index (χ0) is 55.0. The van der Waals surface area contributed by atoms with Crippen LogP contribution >= 0.6 is 0 Å². The first kappa shape index (κ1) is 97.6. The summed E-state index contributed by atoms with van der Waals surface area (Å²) >= 11 is 0. The van der Waals surface area contributed by atoms with Crippen LogP contribution < -0.4 is 0 Å². The summed E-state index contributed by atoms with van der Waals surface area (Å²) in [5, 5.41) is 0. The van der Waals surface area contributed by atoms with Gasteiger partial charge in [-0.15, -0.1) is 0 Å². The molecule has 0 heterocycles. The summed E-state index contributed by atoms with van der Waals surface area (Å²) in [5.41, 5.74) is 0. The number of carbonyl (C=O) groups is 14. The molecule has 0 spiro atoms. The minimum atomic E-state index is 0.167. The van der Waals surface area contributed by atoms with Crippen molar-refractivity contribution in [3.8, 4) is 0 Å². The summed E-state index contributed by atoms with van der Waals surface area (Å²) < 4.78 is 0. The van der Waals surface area contributed by atoms with Crippen LogP contribution in [-0.2, 0) is 67.1 Å². The lowest BCUT2D eigenvalue weighted by atomic mass is 10.4. The largest absolute Gasteiger partial charge is 0.300 e. The highest BCUT2D eigenvalue weighted by molar-refractivity contribution is 5.77. The van der Waals surface area contributed by atoms with E-state index in [9.17, 15) is 67.1 Å². The average molecular weight is 911 g/mol. The smallest absolute Gasteiger partial charge is 0.129 e. The molecule has 0 radical (unpaired) electrons. The fourth-order valence-electron chi connectivity index (χ4n) is 0. The Morgan fingerprint density at radius 1 is 0.159 bits per heavy atom. The molecule has 0 saturated carbocycles. The van der Waals surface area contributed by atoms with Gasteiger partial charge in [-0.1, -0.05) is 48.5 Å². The van der Waals surface area contributed by atoms with E-state index in [0.717, 1.165) is 0 Å². The van der Waals surface area contributed by atoms with Gasteiger partial charge in [-0.3, -0.25) is 0 Å².